The molecule has 0 aliphatic heterocycles. The second kappa shape index (κ2) is 9.18. The Balaban J connectivity index is 1.48. The first-order valence-electron chi connectivity index (χ1n) is 9.37. The van der Waals surface area contributed by atoms with Gasteiger partial charge in [0.25, 0.3) is 5.91 Å². The van der Waals surface area contributed by atoms with Gasteiger partial charge in [-0.3, -0.25) is 9.59 Å². The third-order valence-corrected chi connectivity index (χ3v) is 4.57. The van der Waals surface area contributed by atoms with Crippen molar-refractivity contribution in [1.29, 1.82) is 0 Å². The molecule has 0 radical (unpaired) electrons. The van der Waals surface area contributed by atoms with Crippen molar-refractivity contribution < 1.29 is 18.4 Å². The lowest BCUT2D eigenvalue weighted by molar-refractivity contribution is -0.121. The fourth-order valence-corrected chi connectivity index (χ4v) is 3.03. The molecule has 0 aliphatic carbocycles. The Bertz CT molecular complexity index is 964. The lowest BCUT2D eigenvalue weighted by Gasteiger charge is -2.14. The number of hydrogen-bond donors (Lipinski definition) is 2. The van der Waals surface area contributed by atoms with Gasteiger partial charge in [-0.05, 0) is 56.7 Å². The number of amides is 2. The summed E-state index contributed by atoms with van der Waals surface area (Å²) in [5.74, 6) is -0.470. The maximum absolute atomic E-state index is 13.1. The zero-order valence-electron chi connectivity index (χ0n) is 16.3. The summed E-state index contributed by atoms with van der Waals surface area (Å²) in [7, 11) is 0. The van der Waals surface area contributed by atoms with Crippen LogP contribution in [0.1, 0.15) is 47.6 Å². The van der Waals surface area contributed by atoms with Gasteiger partial charge in [-0.15, -0.1) is 0 Å². The molecule has 2 heterocycles. The van der Waals surface area contributed by atoms with Crippen molar-refractivity contribution in [1.82, 2.24) is 20.4 Å². The largest absolute Gasteiger partial charge is 0.459 e. The molecule has 3 aromatic rings. The topological polar surface area (TPSA) is 89.2 Å². The summed E-state index contributed by atoms with van der Waals surface area (Å²) in [5, 5.41) is 10.0. The highest BCUT2D eigenvalue weighted by molar-refractivity contribution is 5.91. The van der Waals surface area contributed by atoms with E-state index in [-0.39, 0.29) is 35.9 Å². The summed E-state index contributed by atoms with van der Waals surface area (Å²) >= 11 is 0. The van der Waals surface area contributed by atoms with Crippen molar-refractivity contribution in [3.8, 4) is 5.69 Å². The Morgan fingerprint density at radius 2 is 2.00 bits per heavy atom. The van der Waals surface area contributed by atoms with Crippen molar-refractivity contribution in [2.75, 3.05) is 6.54 Å². The second-order valence-corrected chi connectivity index (χ2v) is 6.70. The van der Waals surface area contributed by atoms with Crippen molar-refractivity contribution >= 4 is 11.8 Å². The van der Waals surface area contributed by atoms with Crippen LogP contribution in [0.4, 0.5) is 4.39 Å². The minimum atomic E-state index is -0.306. The molecular weight excluding hydrogens is 375 g/mol. The number of benzene rings is 1. The molecule has 3 rings (SSSR count). The number of rotatable bonds is 8. The molecule has 7 nitrogen and oxygen atoms in total. The van der Waals surface area contributed by atoms with E-state index in [1.807, 2.05) is 13.8 Å². The summed E-state index contributed by atoms with van der Waals surface area (Å²) in [6, 6.07) is 9.06. The Morgan fingerprint density at radius 3 is 2.69 bits per heavy atom. The van der Waals surface area contributed by atoms with Gasteiger partial charge in [-0.1, -0.05) is 0 Å². The summed E-state index contributed by atoms with van der Waals surface area (Å²) in [6.07, 6.45) is 3.93. The predicted octanol–water partition coefficient (Wildman–Crippen LogP) is 3.30. The molecule has 0 saturated heterocycles. The van der Waals surface area contributed by atoms with Crippen LogP contribution in [0.25, 0.3) is 5.69 Å². The molecule has 2 aromatic heterocycles. The first kappa shape index (κ1) is 20.3. The van der Waals surface area contributed by atoms with E-state index in [1.165, 1.54) is 18.4 Å². The summed E-state index contributed by atoms with van der Waals surface area (Å²) in [4.78, 5) is 24.0. The van der Waals surface area contributed by atoms with E-state index >= 15 is 0 Å². The standard InChI is InChI=1S/C21H23FN4O3/c1-14(18-13-24-26(15(18)2)17-9-7-16(22)8-10-17)25-20(27)6-3-11-23-21(28)19-5-4-12-29-19/h4-5,7-10,12-14H,3,6,11H2,1-2H3,(H,23,28)(H,25,27). The number of carbonyl (C=O) groups excluding carboxylic acids is 2. The molecule has 8 heteroatoms. The predicted molar refractivity (Wildman–Crippen MR) is 105 cm³/mol. The maximum atomic E-state index is 13.1. The van der Waals surface area contributed by atoms with Crippen molar-refractivity contribution in [3.63, 3.8) is 0 Å². The molecule has 0 saturated carbocycles. The number of aromatic nitrogens is 2. The molecule has 1 atom stereocenters. The van der Waals surface area contributed by atoms with E-state index in [0.717, 1.165) is 16.9 Å². The molecule has 0 fully saturated rings. The highest BCUT2D eigenvalue weighted by Gasteiger charge is 2.16. The Labute approximate surface area is 167 Å². The van der Waals surface area contributed by atoms with Crippen LogP contribution < -0.4 is 10.6 Å². The molecule has 0 aliphatic rings. The van der Waals surface area contributed by atoms with Crippen LogP contribution in [-0.2, 0) is 4.79 Å². The molecule has 0 bridgehead atoms. The zero-order valence-corrected chi connectivity index (χ0v) is 16.3. The van der Waals surface area contributed by atoms with Gasteiger partial charge < -0.3 is 15.1 Å². The highest BCUT2D eigenvalue weighted by Crippen LogP contribution is 2.20. The van der Waals surface area contributed by atoms with E-state index in [0.29, 0.717) is 13.0 Å². The van der Waals surface area contributed by atoms with Gasteiger partial charge in [0.15, 0.2) is 5.76 Å². The normalized spacial score (nSPS) is 11.8. The molecule has 1 unspecified atom stereocenters. The number of furan rings is 1. The summed E-state index contributed by atoms with van der Waals surface area (Å²) < 4.78 is 19.8. The monoisotopic (exact) mass is 398 g/mol. The smallest absolute Gasteiger partial charge is 0.286 e. The molecule has 2 N–H and O–H groups in total. The number of halogens is 1. The van der Waals surface area contributed by atoms with Gasteiger partial charge in [0.2, 0.25) is 5.91 Å². The van der Waals surface area contributed by atoms with Crippen LogP contribution in [0.15, 0.2) is 53.3 Å². The lowest BCUT2D eigenvalue weighted by Crippen LogP contribution is -2.29. The van der Waals surface area contributed by atoms with Gasteiger partial charge in [0, 0.05) is 24.2 Å². The van der Waals surface area contributed by atoms with E-state index < -0.39 is 0 Å². The molecule has 1 aromatic carbocycles. The molecule has 0 spiro atoms. The number of carbonyl (C=O) groups is 2. The summed E-state index contributed by atoms with van der Waals surface area (Å²) in [6.45, 7) is 4.16. The zero-order chi connectivity index (χ0) is 20.8. The molecule has 2 amide bonds. The number of nitrogens with one attached hydrogen (secondary N) is 2. The Hall–Kier alpha value is -3.42. The Kier molecular flexibility index (Phi) is 6.43. The third-order valence-electron chi connectivity index (χ3n) is 4.57. The van der Waals surface area contributed by atoms with Gasteiger partial charge in [0.05, 0.1) is 24.2 Å². The van der Waals surface area contributed by atoms with Crippen LogP contribution >= 0.6 is 0 Å². The van der Waals surface area contributed by atoms with Crippen molar-refractivity contribution in [2.24, 2.45) is 0 Å². The van der Waals surface area contributed by atoms with Crippen LogP contribution in [0.2, 0.25) is 0 Å². The maximum Gasteiger partial charge on any atom is 0.286 e. The van der Waals surface area contributed by atoms with Crippen LogP contribution in [0.5, 0.6) is 0 Å². The van der Waals surface area contributed by atoms with Gasteiger partial charge >= 0.3 is 0 Å². The first-order chi connectivity index (χ1) is 14.0. The highest BCUT2D eigenvalue weighted by atomic mass is 19.1. The number of nitrogens with zero attached hydrogens (tertiary/aromatic N) is 2. The van der Waals surface area contributed by atoms with E-state index in [9.17, 15) is 14.0 Å². The molecule has 29 heavy (non-hydrogen) atoms. The van der Waals surface area contributed by atoms with Crippen LogP contribution in [0.3, 0.4) is 0 Å². The number of hydrogen-bond acceptors (Lipinski definition) is 4. The first-order valence-corrected chi connectivity index (χ1v) is 9.37. The van der Waals surface area contributed by atoms with E-state index in [1.54, 1.807) is 35.1 Å². The van der Waals surface area contributed by atoms with Crippen LogP contribution in [-0.4, -0.2) is 28.1 Å². The minimum absolute atomic E-state index is 0.112. The van der Waals surface area contributed by atoms with Gasteiger partial charge in [-0.25, -0.2) is 9.07 Å². The van der Waals surface area contributed by atoms with Crippen molar-refractivity contribution in [3.05, 3.63) is 71.7 Å². The van der Waals surface area contributed by atoms with E-state index in [2.05, 4.69) is 15.7 Å². The fraction of sp³-hybridized carbons (Fsp3) is 0.286. The summed E-state index contributed by atoms with van der Waals surface area (Å²) in [5.41, 5.74) is 2.50. The van der Waals surface area contributed by atoms with Gasteiger partial charge in [-0.2, -0.15) is 5.10 Å². The van der Waals surface area contributed by atoms with Crippen molar-refractivity contribution in [2.45, 2.75) is 32.7 Å². The minimum Gasteiger partial charge on any atom is -0.459 e. The lowest BCUT2D eigenvalue weighted by atomic mass is 10.1. The molecule has 152 valence electrons. The Morgan fingerprint density at radius 1 is 1.24 bits per heavy atom. The van der Waals surface area contributed by atoms with E-state index in [4.69, 9.17) is 4.42 Å². The average Bonchev–Trinajstić information content (AvgIpc) is 3.36. The fourth-order valence-electron chi connectivity index (χ4n) is 3.03. The second-order valence-electron chi connectivity index (χ2n) is 6.70. The van der Waals surface area contributed by atoms with Crippen LogP contribution in [0, 0.1) is 12.7 Å². The molecular formula is C21H23FN4O3. The third kappa shape index (κ3) is 5.10. The quantitative estimate of drug-likeness (QED) is 0.570. The van der Waals surface area contributed by atoms with Gasteiger partial charge in [0.1, 0.15) is 5.82 Å². The SMILES string of the molecule is Cc1c(C(C)NC(=O)CCCNC(=O)c2ccco2)cnn1-c1ccc(F)cc1. The average molecular weight is 398 g/mol.